The van der Waals surface area contributed by atoms with Gasteiger partial charge < -0.3 is 9.32 Å². The first-order valence-corrected chi connectivity index (χ1v) is 10.2. The first kappa shape index (κ1) is 20.2. The summed E-state index contributed by atoms with van der Waals surface area (Å²) in [5.74, 6) is 0.680. The fourth-order valence-corrected chi connectivity index (χ4v) is 3.68. The highest BCUT2D eigenvalue weighted by atomic mass is 19.1. The van der Waals surface area contributed by atoms with Gasteiger partial charge in [-0.05, 0) is 56.7 Å². The predicted octanol–water partition coefficient (Wildman–Crippen LogP) is 4.09. The van der Waals surface area contributed by atoms with E-state index in [1.165, 1.54) is 29.8 Å². The average molecular weight is 408 g/mol. The normalized spacial score (nSPS) is 16.3. The van der Waals surface area contributed by atoms with Gasteiger partial charge in [0, 0.05) is 37.3 Å². The van der Waals surface area contributed by atoms with Gasteiger partial charge in [0.2, 0.25) is 11.8 Å². The van der Waals surface area contributed by atoms with Crippen LogP contribution in [0.1, 0.15) is 41.2 Å². The molecule has 1 atom stereocenters. The summed E-state index contributed by atoms with van der Waals surface area (Å²) in [5, 5.41) is 8.46. The molecule has 1 fully saturated rings. The molecule has 1 amide bonds. The van der Waals surface area contributed by atoms with Gasteiger partial charge in [0.15, 0.2) is 0 Å². The van der Waals surface area contributed by atoms with E-state index in [9.17, 15) is 9.18 Å². The van der Waals surface area contributed by atoms with Crippen molar-refractivity contribution in [3.8, 4) is 11.5 Å². The Hall–Kier alpha value is -3.06. The molecule has 4 rings (SSSR count). The monoisotopic (exact) mass is 408 g/mol. The Labute approximate surface area is 175 Å². The summed E-state index contributed by atoms with van der Waals surface area (Å²) in [6, 6.07) is 13.7. The molecule has 2 aromatic carbocycles. The summed E-state index contributed by atoms with van der Waals surface area (Å²) in [6.45, 7) is 6.88. The van der Waals surface area contributed by atoms with Crippen molar-refractivity contribution < 1.29 is 13.6 Å². The van der Waals surface area contributed by atoms with Gasteiger partial charge in [0.1, 0.15) is 5.82 Å². The summed E-state index contributed by atoms with van der Waals surface area (Å²) >= 11 is 0. The third-order valence-electron chi connectivity index (χ3n) is 5.55. The highest BCUT2D eigenvalue weighted by Gasteiger charge is 2.26. The lowest BCUT2D eigenvalue weighted by molar-refractivity contribution is 0.0757. The number of nitrogens with zero attached hydrogens (tertiary/aromatic N) is 4. The summed E-state index contributed by atoms with van der Waals surface area (Å²) in [4.78, 5) is 16.8. The summed E-state index contributed by atoms with van der Waals surface area (Å²) < 4.78 is 19.1. The molecule has 0 spiro atoms. The van der Waals surface area contributed by atoms with E-state index in [0.717, 1.165) is 18.5 Å². The van der Waals surface area contributed by atoms with E-state index < -0.39 is 0 Å². The van der Waals surface area contributed by atoms with Crippen molar-refractivity contribution in [2.45, 2.75) is 26.3 Å². The highest BCUT2D eigenvalue weighted by Crippen LogP contribution is 2.25. The molecule has 2 heterocycles. The zero-order valence-corrected chi connectivity index (χ0v) is 17.2. The van der Waals surface area contributed by atoms with Crippen LogP contribution in [0.25, 0.3) is 11.5 Å². The Balaban J connectivity index is 1.41. The van der Waals surface area contributed by atoms with Crippen LogP contribution < -0.4 is 0 Å². The zero-order chi connectivity index (χ0) is 21.1. The molecule has 7 heteroatoms. The molecule has 0 saturated carbocycles. The molecule has 1 aliphatic heterocycles. The number of hydrogen-bond acceptors (Lipinski definition) is 5. The molecule has 156 valence electrons. The Bertz CT molecular complexity index is 1000. The molecule has 1 unspecified atom stereocenters. The number of aryl methyl sites for hydroxylation is 1. The van der Waals surface area contributed by atoms with Gasteiger partial charge in [-0.25, -0.2) is 4.39 Å². The molecule has 0 radical (unpaired) electrons. The van der Waals surface area contributed by atoms with E-state index in [0.29, 0.717) is 37.0 Å². The van der Waals surface area contributed by atoms with Crippen molar-refractivity contribution in [2.75, 3.05) is 26.2 Å². The summed E-state index contributed by atoms with van der Waals surface area (Å²) in [6.07, 6.45) is 0.843. The van der Waals surface area contributed by atoms with Crippen molar-refractivity contribution in [1.29, 1.82) is 0 Å². The fraction of sp³-hybridized carbons (Fsp3) is 0.348. The molecule has 0 bridgehead atoms. The zero-order valence-electron chi connectivity index (χ0n) is 17.2. The number of amides is 1. The predicted molar refractivity (Wildman–Crippen MR) is 111 cm³/mol. The topological polar surface area (TPSA) is 62.5 Å². The van der Waals surface area contributed by atoms with Gasteiger partial charge in [0.05, 0.1) is 6.04 Å². The molecular formula is C23H25FN4O2. The third kappa shape index (κ3) is 4.41. The molecule has 3 aromatic rings. The largest absolute Gasteiger partial charge is 0.419 e. The standard InChI is InChI=1S/C23H25FN4O2/c1-16-4-6-18(7-5-16)22-26-25-21(30-22)17(2)27-12-3-13-28(15-14-27)23(29)19-8-10-20(24)11-9-19/h4-11,17H,3,12-15H2,1-2H3. The van der Waals surface area contributed by atoms with E-state index in [-0.39, 0.29) is 17.8 Å². The SMILES string of the molecule is Cc1ccc(-c2nnc(C(C)N3CCCN(C(=O)c4ccc(F)cc4)CC3)o2)cc1. The number of rotatable bonds is 4. The van der Waals surface area contributed by atoms with Crippen LogP contribution in [0, 0.1) is 12.7 Å². The highest BCUT2D eigenvalue weighted by molar-refractivity contribution is 5.94. The smallest absolute Gasteiger partial charge is 0.253 e. The van der Waals surface area contributed by atoms with Crippen molar-refractivity contribution in [3.63, 3.8) is 0 Å². The van der Waals surface area contributed by atoms with Crippen molar-refractivity contribution in [2.24, 2.45) is 0 Å². The van der Waals surface area contributed by atoms with E-state index in [1.807, 2.05) is 43.0 Å². The van der Waals surface area contributed by atoms with E-state index in [1.54, 1.807) is 0 Å². The minimum atomic E-state index is -0.341. The lowest BCUT2D eigenvalue weighted by atomic mass is 10.1. The van der Waals surface area contributed by atoms with E-state index in [2.05, 4.69) is 15.1 Å². The molecule has 0 N–H and O–H groups in total. The van der Waals surface area contributed by atoms with E-state index >= 15 is 0 Å². The summed E-state index contributed by atoms with van der Waals surface area (Å²) in [7, 11) is 0. The average Bonchev–Trinajstić information content (AvgIpc) is 3.12. The Morgan fingerprint density at radius 1 is 1.00 bits per heavy atom. The van der Waals surface area contributed by atoms with Gasteiger partial charge in [0.25, 0.3) is 5.91 Å². The maximum atomic E-state index is 13.1. The fourth-order valence-electron chi connectivity index (χ4n) is 3.68. The van der Waals surface area contributed by atoms with Gasteiger partial charge in [-0.2, -0.15) is 0 Å². The number of benzene rings is 2. The first-order valence-electron chi connectivity index (χ1n) is 10.2. The second-order valence-corrected chi connectivity index (χ2v) is 7.68. The first-order chi connectivity index (χ1) is 14.5. The van der Waals surface area contributed by atoms with Crippen LogP contribution in [0.3, 0.4) is 0 Å². The number of carbonyl (C=O) groups excluding carboxylic acids is 1. The maximum Gasteiger partial charge on any atom is 0.253 e. The Morgan fingerprint density at radius 3 is 2.47 bits per heavy atom. The van der Waals surface area contributed by atoms with Gasteiger partial charge in [-0.3, -0.25) is 9.69 Å². The second-order valence-electron chi connectivity index (χ2n) is 7.68. The van der Waals surface area contributed by atoms with Crippen LogP contribution >= 0.6 is 0 Å². The van der Waals surface area contributed by atoms with Crippen LogP contribution in [0.15, 0.2) is 52.9 Å². The molecule has 0 aliphatic carbocycles. The second kappa shape index (κ2) is 8.75. The van der Waals surface area contributed by atoms with Crippen LogP contribution in [0.4, 0.5) is 4.39 Å². The minimum Gasteiger partial charge on any atom is -0.419 e. The van der Waals surface area contributed by atoms with E-state index in [4.69, 9.17) is 4.42 Å². The van der Waals surface area contributed by atoms with Crippen LogP contribution in [-0.4, -0.2) is 52.1 Å². The molecule has 30 heavy (non-hydrogen) atoms. The number of carbonyl (C=O) groups is 1. The number of hydrogen-bond donors (Lipinski definition) is 0. The molecule has 1 saturated heterocycles. The van der Waals surface area contributed by atoms with Crippen LogP contribution in [0.5, 0.6) is 0 Å². The minimum absolute atomic E-state index is 0.0439. The van der Waals surface area contributed by atoms with Gasteiger partial charge in [-0.15, -0.1) is 10.2 Å². The van der Waals surface area contributed by atoms with Crippen LogP contribution in [-0.2, 0) is 0 Å². The maximum absolute atomic E-state index is 13.1. The van der Waals surface area contributed by atoms with Gasteiger partial charge >= 0.3 is 0 Å². The number of halogens is 1. The molecule has 1 aromatic heterocycles. The number of aromatic nitrogens is 2. The van der Waals surface area contributed by atoms with Crippen molar-refractivity contribution >= 4 is 5.91 Å². The molecule has 6 nitrogen and oxygen atoms in total. The van der Waals surface area contributed by atoms with Gasteiger partial charge in [-0.1, -0.05) is 17.7 Å². The lowest BCUT2D eigenvalue weighted by Crippen LogP contribution is -2.36. The third-order valence-corrected chi connectivity index (χ3v) is 5.55. The van der Waals surface area contributed by atoms with Crippen molar-refractivity contribution in [1.82, 2.24) is 20.0 Å². The molecular weight excluding hydrogens is 383 g/mol. The summed E-state index contributed by atoms with van der Waals surface area (Å²) in [5.41, 5.74) is 2.59. The van der Waals surface area contributed by atoms with Crippen molar-refractivity contribution in [3.05, 3.63) is 71.4 Å². The Morgan fingerprint density at radius 2 is 1.73 bits per heavy atom. The lowest BCUT2D eigenvalue weighted by Gasteiger charge is -2.25. The Kier molecular flexibility index (Phi) is 5.90. The molecule has 1 aliphatic rings. The quantitative estimate of drug-likeness (QED) is 0.651. The van der Waals surface area contributed by atoms with Crippen LogP contribution in [0.2, 0.25) is 0 Å².